The van der Waals surface area contributed by atoms with Crippen molar-refractivity contribution in [1.82, 2.24) is 8.80 Å². The molecular weight excluding hydrogens is 993 g/mol. The van der Waals surface area contributed by atoms with Gasteiger partial charge in [-0.1, -0.05) is 175 Å². The third-order valence-corrected chi connectivity index (χ3v) is 19.8. The van der Waals surface area contributed by atoms with Gasteiger partial charge in [0.25, 0.3) is 0 Å². The van der Waals surface area contributed by atoms with Gasteiger partial charge in [-0.15, -0.1) is 0 Å². The summed E-state index contributed by atoms with van der Waals surface area (Å²) in [6.45, 7) is 22.9. The first kappa shape index (κ1) is 43.3. The van der Waals surface area contributed by atoms with Crippen molar-refractivity contribution in [3.8, 4) is 6.07 Å². The first-order valence-corrected chi connectivity index (χ1v) is 29.2. The van der Waals surface area contributed by atoms with Gasteiger partial charge in [-0.25, -0.2) is 4.85 Å². The Hall–Kier alpha value is -9.48. The third-order valence-electron chi connectivity index (χ3n) is 19.8. The first-order valence-electron chi connectivity index (χ1n) is 30.2. The molecule has 0 fully saturated rings. The van der Waals surface area contributed by atoms with Gasteiger partial charge < -0.3 is 8.80 Å². The monoisotopic (exact) mass is 1050 g/mol. The van der Waals surface area contributed by atoms with Gasteiger partial charge in [-0.2, -0.15) is 5.26 Å². The number of fused-ring (bicyclic) bond motifs is 17. The van der Waals surface area contributed by atoms with Crippen molar-refractivity contribution in [1.29, 1.82) is 5.26 Å². The fourth-order valence-electron chi connectivity index (χ4n) is 17.4. The van der Waals surface area contributed by atoms with Crippen LogP contribution in [-0.2, 0) is 12.8 Å². The quantitative estimate of drug-likeness (QED) is 0.159. The fourth-order valence-corrected chi connectivity index (χ4v) is 17.4. The van der Waals surface area contributed by atoms with E-state index in [0.717, 1.165) is 127 Å². The molecule has 4 aromatic heterocycles. The Kier molecular flexibility index (Phi) is 7.87. The molecule has 0 N–H and O–H groups in total. The fraction of sp³-hybridized carbons (Fsp3) is 0.179. The minimum atomic E-state index is -0.176. The lowest BCUT2D eigenvalue weighted by molar-refractivity contribution is 0.411. The van der Waals surface area contributed by atoms with E-state index in [2.05, 4.69) is 219 Å². The molecule has 4 heterocycles. The number of rotatable bonds is 2. The van der Waals surface area contributed by atoms with Crippen molar-refractivity contribution < 1.29 is 2.74 Å². The summed E-state index contributed by atoms with van der Waals surface area (Å²) in [5.74, 6) is -0.589. The molecule has 4 nitrogen and oxygen atoms in total. The van der Waals surface area contributed by atoms with Crippen LogP contribution in [0.3, 0.4) is 0 Å². The molecule has 0 unspecified atom stereocenters. The zero-order valence-electron chi connectivity index (χ0n) is 48.5. The molecule has 0 amide bonds. The van der Waals surface area contributed by atoms with Crippen LogP contribution < -0.4 is 0 Å². The minimum absolute atomic E-state index is 0.0603. The summed E-state index contributed by atoms with van der Waals surface area (Å²) in [6, 6.07) is 62.1. The van der Waals surface area contributed by atoms with Crippen LogP contribution in [0.4, 0.5) is 5.69 Å². The van der Waals surface area contributed by atoms with Crippen molar-refractivity contribution in [2.75, 3.05) is 0 Å². The van der Waals surface area contributed by atoms with Crippen LogP contribution in [0.5, 0.6) is 0 Å². The summed E-state index contributed by atoms with van der Waals surface area (Å²) in [7, 11) is 0. The SMILES string of the molecule is [2H]c1c(C#N)c2c(c3c4c5ccc(CC(C)(C)C)cc5cc5c6c7c8cc9cc(CC(C)(C)C)ccc9c9c%10c%11c(c([N+]#[C-])c([2H])c%10n(c7ccc6n(c13)c54)c89)C1c3ccccc3C%11c3ccccc31)C1c3ccccc3C2c2ccccc21. The molecule has 386 valence electrons. The van der Waals surface area contributed by atoms with E-state index in [1.165, 1.54) is 61.2 Å². The summed E-state index contributed by atoms with van der Waals surface area (Å²) in [5.41, 5.74) is 23.6. The third kappa shape index (κ3) is 5.39. The lowest BCUT2D eigenvalue weighted by Crippen LogP contribution is -2.28. The molecule has 6 aliphatic carbocycles. The number of nitriles is 1. The van der Waals surface area contributed by atoms with Crippen molar-refractivity contribution in [3.63, 3.8) is 0 Å². The van der Waals surface area contributed by atoms with Gasteiger partial charge in [0.1, 0.15) is 0 Å². The number of hydrogen-bond acceptors (Lipinski definition) is 1. The van der Waals surface area contributed by atoms with E-state index in [9.17, 15) is 8.00 Å². The molecule has 0 radical (unpaired) electrons. The van der Waals surface area contributed by atoms with Crippen molar-refractivity contribution in [3.05, 3.63) is 265 Å². The zero-order chi connectivity index (χ0) is 56.5. The molecule has 6 aliphatic rings. The zero-order valence-corrected chi connectivity index (χ0v) is 46.5. The van der Waals surface area contributed by atoms with E-state index in [4.69, 9.17) is 6.57 Å². The van der Waals surface area contributed by atoms with E-state index >= 15 is 0 Å². The maximum atomic E-state index is 11.6. The summed E-state index contributed by atoms with van der Waals surface area (Å²) >= 11 is 0. The number of benzene rings is 11. The minimum Gasteiger partial charge on any atom is -0.309 e. The van der Waals surface area contributed by atoms with Crippen LogP contribution in [0.25, 0.3) is 103 Å². The van der Waals surface area contributed by atoms with Gasteiger partial charge in [-0.3, -0.25) is 0 Å². The molecule has 21 rings (SSSR count). The second-order valence-electron chi connectivity index (χ2n) is 27.0. The number of hydrogen-bond donors (Lipinski definition) is 0. The second-order valence-corrected chi connectivity index (χ2v) is 27.0. The Bertz CT molecular complexity index is 5270. The molecule has 15 aromatic rings. The first-order chi connectivity index (χ1) is 40.7. The molecule has 0 spiro atoms. The van der Waals surface area contributed by atoms with Gasteiger partial charge >= 0.3 is 0 Å². The van der Waals surface area contributed by atoms with Crippen LogP contribution in [0, 0.1) is 28.7 Å². The van der Waals surface area contributed by atoms with Crippen molar-refractivity contribution in [2.45, 2.75) is 78.1 Å². The maximum absolute atomic E-state index is 11.6. The molecule has 0 saturated heterocycles. The average molecular weight is 1050 g/mol. The predicted molar refractivity (Wildman–Crippen MR) is 338 cm³/mol. The molecule has 11 aromatic carbocycles. The molecule has 4 heteroatoms. The van der Waals surface area contributed by atoms with Crippen molar-refractivity contribution >= 4 is 103 Å². The highest BCUT2D eigenvalue weighted by Crippen LogP contribution is 2.64. The van der Waals surface area contributed by atoms with Crippen LogP contribution in [0.15, 0.2) is 170 Å². The largest absolute Gasteiger partial charge is 0.309 e. The normalized spacial score (nSPS) is 18.0. The summed E-state index contributed by atoms with van der Waals surface area (Å²) in [4.78, 5) is 4.41. The summed E-state index contributed by atoms with van der Waals surface area (Å²) < 4.78 is 25.9. The van der Waals surface area contributed by atoms with Crippen molar-refractivity contribution in [2.24, 2.45) is 10.8 Å². The molecule has 82 heavy (non-hydrogen) atoms. The van der Waals surface area contributed by atoms with Gasteiger partial charge in [0.15, 0.2) is 5.69 Å². The lowest BCUT2D eigenvalue weighted by Gasteiger charge is -2.43. The van der Waals surface area contributed by atoms with E-state index in [-0.39, 0.29) is 46.6 Å². The molecular formula is C78H54N4. The number of aromatic nitrogens is 2. The second kappa shape index (κ2) is 14.9. The Morgan fingerprint density at radius 3 is 1.21 bits per heavy atom. The Morgan fingerprint density at radius 1 is 0.439 bits per heavy atom. The molecule has 4 bridgehead atoms. The van der Waals surface area contributed by atoms with Crippen LogP contribution in [-0.4, -0.2) is 8.80 Å². The lowest BCUT2D eigenvalue weighted by atomic mass is 9.59. The highest BCUT2D eigenvalue weighted by molar-refractivity contribution is 6.41. The van der Waals surface area contributed by atoms with Crippen LogP contribution in [0.1, 0.15) is 151 Å². The molecule has 0 aliphatic heterocycles. The van der Waals surface area contributed by atoms with Crippen LogP contribution in [0.2, 0.25) is 0 Å². The number of nitrogens with zero attached hydrogens (tertiary/aromatic N) is 4. The van der Waals surface area contributed by atoms with E-state index in [1.54, 1.807) is 0 Å². The standard InChI is InChI=1S/C78H54N4/c1-77(2,3)36-39-24-26-44-41(30-39)32-54-66-57(81-59-34-43(38-79)61-62-46-16-8-12-20-50(46)64(51-21-13-9-17-47(51)62)73(61)71(59)68(44)75(54)81)28-29-58-67(66)55-33-42-31-40(37-78(4,5)6)25-27-45(42)69-72-60(82(58)76(55)69)35-56(80-7)70-63-48-18-10-14-22-52(48)65(74(70)72)53-23-15-11-19-49(53)63/h8-35,62-65H,36-37H2,1-6H3/i34D,35D. The topological polar surface area (TPSA) is 37.0 Å². The predicted octanol–water partition coefficient (Wildman–Crippen LogP) is 19.9. The van der Waals surface area contributed by atoms with Gasteiger partial charge in [0, 0.05) is 72.3 Å². The van der Waals surface area contributed by atoms with E-state index < -0.39 is 0 Å². The van der Waals surface area contributed by atoms with Gasteiger partial charge in [0.05, 0.1) is 48.5 Å². The summed E-state index contributed by atoms with van der Waals surface area (Å²) in [5, 5.41) is 25.1. The van der Waals surface area contributed by atoms with E-state index in [1.807, 2.05) is 0 Å². The highest BCUT2D eigenvalue weighted by atomic mass is 14.9. The Labute approximate surface area is 477 Å². The smallest absolute Gasteiger partial charge is 0.193 e. The molecule has 0 atom stereocenters. The maximum Gasteiger partial charge on any atom is 0.193 e. The van der Waals surface area contributed by atoms with Gasteiger partial charge in [0.2, 0.25) is 0 Å². The van der Waals surface area contributed by atoms with E-state index in [0.29, 0.717) is 11.3 Å². The van der Waals surface area contributed by atoms with Gasteiger partial charge in [-0.05, 0) is 159 Å². The molecule has 0 saturated carbocycles. The highest BCUT2D eigenvalue weighted by Gasteiger charge is 2.47. The summed E-state index contributed by atoms with van der Waals surface area (Å²) in [6.07, 6.45) is 1.83. The Morgan fingerprint density at radius 2 is 0.817 bits per heavy atom. The van der Waals surface area contributed by atoms with Crippen LogP contribution >= 0.6 is 0 Å². The average Bonchev–Trinajstić information content (AvgIpc) is 1.45. The Balaban J connectivity index is 1.03.